The Balaban J connectivity index is 1.54. The van der Waals surface area contributed by atoms with Gasteiger partial charge in [0.1, 0.15) is 11.6 Å². The van der Waals surface area contributed by atoms with Gasteiger partial charge in [-0.3, -0.25) is 0 Å². The van der Waals surface area contributed by atoms with Crippen LogP contribution in [0.3, 0.4) is 0 Å². The lowest BCUT2D eigenvalue weighted by molar-refractivity contribution is 0.263. The van der Waals surface area contributed by atoms with Gasteiger partial charge in [0.2, 0.25) is 0 Å². The summed E-state index contributed by atoms with van der Waals surface area (Å²) in [5.74, 6) is 0.551. The van der Waals surface area contributed by atoms with Gasteiger partial charge in [-0.15, -0.1) is 0 Å². The van der Waals surface area contributed by atoms with Crippen LogP contribution in [0.4, 0.5) is 10.1 Å². The molecular formula is C22H28FN3O. The molecule has 144 valence electrons. The second-order valence-electron chi connectivity index (χ2n) is 7.15. The van der Waals surface area contributed by atoms with Crippen molar-refractivity contribution < 1.29 is 9.13 Å². The molecule has 1 saturated heterocycles. The smallest absolute Gasteiger partial charge is 0.133 e. The minimum absolute atomic E-state index is 0.275. The first-order chi connectivity index (χ1) is 13.1. The molecule has 1 aliphatic heterocycles. The van der Waals surface area contributed by atoms with Gasteiger partial charge >= 0.3 is 0 Å². The largest absolute Gasteiger partial charge is 0.494 e. The van der Waals surface area contributed by atoms with Crippen LogP contribution in [-0.4, -0.2) is 56.5 Å². The van der Waals surface area contributed by atoms with Crippen LogP contribution in [0.15, 0.2) is 47.5 Å². The lowest BCUT2D eigenvalue weighted by atomic mass is 10.0. The van der Waals surface area contributed by atoms with Gasteiger partial charge in [0.25, 0.3) is 0 Å². The standard InChI is InChI=1S/C22H28FN3O/c1-25(2)17-24-19-8-11-21(22(23)16-19)18-6-9-20(10-7-18)27-15-5-14-26-12-3-4-13-26/h6-11,16-17H,3-5,12-15H2,1-2H3. The molecule has 0 saturated carbocycles. The highest BCUT2D eigenvalue weighted by atomic mass is 19.1. The molecule has 0 atom stereocenters. The zero-order valence-electron chi connectivity index (χ0n) is 16.2. The fraction of sp³-hybridized carbons (Fsp3) is 0.409. The summed E-state index contributed by atoms with van der Waals surface area (Å²) in [6, 6.07) is 12.7. The van der Waals surface area contributed by atoms with Gasteiger partial charge in [-0.05, 0) is 62.2 Å². The van der Waals surface area contributed by atoms with Crippen LogP contribution in [0, 0.1) is 5.82 Å². The molecule has 0 N–H and O–H groups in total. The van der Waals surface area contributed by atoms with Gasteiger partial charge in [0, 0.05) is 32.3 Å². The van der Waals surface area contributed by atoms with Crippen LogP contribution in [-0.2, 0) is 0 Å². The highest BCUT2D eigenvalue weighted by molar-refractivity contribution is 5.68. The van der Waals surface area contributed by atoms with E-state index in [0.29, 0.717) is 17.9 Å². The summed E-state index contributed by atoms with van der Waals surface area (Å²) in [6.07, 6.45) is 5.33. The Hall–Kier alpha value is -2.40. The maximum atomic E-state index is 14.4. The van der Waals surface area contributed by atoms with Gasteiger partial charge in [-0.2, -0.15) is 0 Å². The molecule has 2 aromatic rings. The van der Waals surface area contributed by atoms with E-state index >= 15 is 0 Å². The molecule has 0 bridgehead atoms. The number of ether oxygens (including phenoxy) is 1. The van der Waals surface area contributed by atoms with Crippen LogP contribution < -0.4 is 4.74 Å². The van der Waals surface area contributed by atoms with Crippen molar-refractivity contribution >= 4 is 12.0 Å². The summed E-state index contributed by atoms with van der Waals surface area (Å²) in [5.41, 5.74) is 2.00. The molecule has 5 heteroatoms. The second-order valence-corrected chi connectivity index (χ2v) is 7.15. The monoisotopic (exact) mass is 369 g/mol. The van der Waals surface area contributed by atoms with E-state index in [1.54, 1.807) is 12.4 Å². The van der Waals surface area contributed by atoms with E-state index in [1.807, 2.05) is 49.3 Å². The third kappa shape index (κ3) is 5.79. The van der Waals surface area contributed by atoms with Crippen LogP contribution in [0.1, 0.15) is 19.3 Å². The summed E-state index contributed by atoms with van der Waals surface area (Å²) in [4.78, 5) is 8.53. The van der Waals surface area contributed by atoms with E-state index in [1.165, 1.54) is 32.0 Å². The summed E-state index contributed by atoms with van der Waals surface area (Å²) in [6.45, 7) is 4.26. The minimum atomic E-state index is -0.275. The minimum Gasteiger partial charge on any atom is -0.494 e. The third-order valence-corrected chi connectivity index (χ3v) is 4.64. The first-order valence-electron chi connectivity index (χ1n) is 9.57. The zero-order chi connectivity index (χ0) is 19.1. The average molecular weight is 369 g/mol. The molecule has 1 fully saturated rings. The SMILES string of the molecule is CN(C)C=Nc1ccc(-c2ccc(OCCCN3CCCC3)cc2)c(F)c1. The van der Waals surface area contributed by atoms with E-state index in [-0.39, 0.29) is 5.82 Å². The molecule has 27 heavy (non-hydrogen) atoms. The number of hydrogen-bond donors (Lipinski definition) is 0. The fourth-order valence-corrected chi connectivity index (χ4v) is 3.22. The Kier molecular flexibility index (Phi) is 6.82. The van der Waals surface area contributed by atoms with Crippen molar-refractivity contribution in [3.8, 4) is 16.9 Å². The Morgan fingerprint density at radius 2 is 1.85 bits per heavy atom. The van der Waals surface area contributed by atoms with Crippen LogP contribution in [0.25, 0.3) is 11.1 Å². The Morgan fingerprint density at radius 3 is 2.52 bits per heavy atom. The summed E-state index contributed by atoms with van der Waals surface area (Å²) < 4.78 is 20.2. The van der Waals surface area contributed by atoms with Gasteiger partial charge in [-0.25, -0.2) is 9.38 Å². The average Bonchev–Trinajstić information content (AvgIpc) is 3.18. The van der Waals surface area contributed by atoms with Gasteiger partial charge in [0.15, 0.2) is 0 Å². The van der Waals surface area contributed by atoms with Gasteiger partial charge in [0.05, 0.1) is 18.6 Å². The van der Waals surface area contributed by atoms with Gasteiger partial charge < -0.3 is 14.5 Å². The molecular weight excluding hydrogens is 341 g/mol. The summed E-state index contributed by atoms with van der Waals surface area (Å²) in [7, 11) is 3.76. The van der Waals surface area contributed by atoms with E-state index < -0.39 is 0 Å². The molecule has 0 radical (unpaired) electrons. The van der Waals surface area contributed by atoms with E-state index in [9.17, 15) is 4.39 Å². The molecule has 1 heterocycles. The molecule has 0 aliphatic carbocycles. The molecule has 0 spiro atoms. The van der Waals surface area contributed by atoms with Crippen LogP contribution >= 0.6 is 0 Å². The van der Waals surface area contributed by atoms with Crippen molar-refractivity contribution in [1.29, 1.82) is 0 Å². The number of hydrogen-bond acceptors (Lipinski definition) is 3. The first-order valence-corrected chi connectivity index (χ1v) is 9.57. The molecule has 3 rings (SSSR count). The molecule has 0 aromatic heterocycles. The maximum Gasteiger partial charge on any atom is 0.133 e. The predicted octanol–water partition coefficient (Wildman–Crippen LogP) is 4.58. The van der Waals surface area contributed by atoms with Crippen LogP contribution in [0.2, 0.25) is 0 Å². The number of halogens is 1. The number of benzene rings is 2. The number of likely N-dealkylation sites (tertiary alicyclic amines) is 1. The molecule has 2 aromatic carbocycles. The van der Waals surface area contributed by atoms with Crippen molar-refractivity contribution in [3.63, 3.8) is 0 Å². The zero-order valence-corrected chi connectivity index (χ0v) is 16.2. The predicted molar refractivity (Wildman–Crippen MR) is 109 cm³/mol. The van der Waals surface area contributed by atoms with E-state index in [0.717, 1.165) is 24.3 Å². The van der Waals surface area contributed by atoms with Gasteiger partial charge in [-0.1, -0.05) is 12.1 Å². The highest BCUT2D eigenvalue weighted by Crippen LogP contribution is 2.28. The van der Waals surface area contributed by atoms with E-state index in [2.05, 4.69) is 9.89 Å². The Bertz CT molecular complexity index is 753. The Labute approximate surface area is 161 Å². The van der Waals surface area contributed by atoms with Crippen molar-refractivity contribution in [2.75, 3.05) is 40.3 Å². The Morgan fingerprint density at radius 1 is 1.11 bits per heavy atom. The molecule has 0 unspecified atom stereocenters. The number of nitrogens with zero attached hydrogens (tertiary/aromatic N) is 3. The fourth-order valence-electron chi connectivity index (χ4n) is 3.22. The lowest BCUT2D eigenvalue weighted by Gasteiger charge is -2.14. The molecule has 0 amide bonds. The van der Waals surface area contributed by atoms with Crippen molar-refractivity contribution in [1.82, 2.24) is 9.80 Å². The summed E-state index contributed by atoms with van der Waals surface area (Å²) in [5, 5.41) is 0. The first kappa shape index (κ1) is 19.4. The topological polar surface area (TPSA) is 28.1 Å². The van der Waals surface area contributed by atoms with Crippen molar-refractivity contribution in [3.05, 3.63) is 48.3 Å². The summed E-state index contributed by atoms with van der Waals surface area (Å²) >= 11 is 0. The maximum absolute atomic E-state index is 14.4. The number of rotatable bonds is 8. The van der Waals surface area contributed by atoms with Crippen molar-refractivity contribution in [2.24, 2.45) is 4.99 Å². The normalized spacial score (nSPS) is 14.8. The van der Waals surface area contributed by atoms with Crippen LogP contribution in [0.5, 0.6) is 5.75 Å². The molecule has 1 aliphatic rings. The highest BCUT2D eigenvalue weighted by Gasteiger charge is 2.10. The number of aliphatic imine (C=N–C) groups is 1. The van der Waals surface area contributed by atoms with E-state index in [4.69, 9.17) is 4.74 Å². The van der Waals surface area contributed by atoms with Crippen molar-refractivity contribution in [2.45, 2.75) is 19.3 Å². The quantitative estimate of drug-likeness (QED) is 0.387. The second kappa shape index (κ2) is 9.51. The lowest BCUT2D eigenvalue weighted by Crippen LogP contribution is -2.21. The molecule has 4 nitrogen and oxygen atoms in total. The third-order valence-electron chi connectivity index (χ3n) is 4.64.